The Bertz CT molecular complexity index is 1120. The number of carbonyl (C=O) groups is 1. The molecule has 0 aliphatic carbocycles. The van der Waals surface area contributed by atoms with E-state index in [1.165, 1.54) is 12.1 Å². The first-order valence-corrected chi connectivity index (χ1v) is 11.2. The summed E-state index contributed by atoms with van der Waals surface area (Å²) in [6.45, 7) is 5.86. The summed E-state index contributed by atoms with van der Waals surface area (Å²) in [7, 11) is -3.79. The van der Waals surface area contributed by atoms with Gasteiger partial charge in [-0.3, -0.25) is 9.52 Å². The van der Waals surface area contributed by atoms with E-state index in [0.29, 0.717) is 28.6 Å². The van der Waals surface area contributed by atoms with E-state index in [0.717, 1.165) is 16.9 Å². The predicted octanol–water partition coefficient (Wildman–Crippen LogP) is 4.21. The maximum Gasteiger partial charge on any atom is 0.267 e. The maximum absolute atomic E-state index is 12.7. The van der Waals surface area contributed by atoms with Gasteiger partial charge >= 0.3 is 0 Å². The van der Waals surface area contributed by atoms with Crippen LogP contribution in [0.3, 0.4) is 0 Å². The minimum absolute atomic E-state index is 0.131. The Morgan fingerprint density at radius 2 is 1.79 bits per heavy atom. The number of aryl methyl sites for hydroxylation is 2. The van der Waals surface area contributed by atoms with E-state index in [1.807, 2.05) is 19.9 Å². The summed E-state index contributed by atoms with van der Waals surface area (Å²) in [4.78, 5) is 17.4. The molecular weight excluding hydrogens is 410 g/mol. The van der Waals surface area contributed by atoms with Gasteiger partial charge in [0.25, 0.3) is 15.9 Å². The van der Waals surface area contributed by atoms with Gasteiger partial charge in [-0.15, -0.1) is 0 Å². The van der Waals surface area contributed by atoms with Crippen LogP contribution in [0, 0.1) is 13.8 Å². The van der Waals surface area contributed by atoms with Crippen molar-refractivity contribution in [1.29, 1.82) is 0 Å². The van der Waals surface area contributed by atoms with Crippen LogP contribution in [0.25, 0.3) is 0 Å². The van der Waals surface area contributed by atoms with E-state index >= 15 is 0 Å². The lowest BCUT2D eigenvalue weighted by Crippen LogP contribution is -2.13. The van der Waals surface area contributed by atoms with Crippen molar-refractivity contribution in [3.05, 3.63) is 64.7 Å². The molecule has 0 spiro atoms. The van der Waals surface area contributed by atoms with E-state index in [9.17, 15) is 13.2 Å². The third-order valence-corrected chi connectivity index (χ3v) is 6.55. The first-order valence-electron chi connectivity index (χ1n) is 8.90. The average molecular weight is 432 g/mol. The fourth-order valence-corrected chi connectivity index (χ4v) is 4.67. The second kappa shape index (κ2) is 8.62. The number of nitrogens with zero attached hydrogens (tertiary/aromatic N) is 1. The monoisotopic (exact) mass is 431 g/mol. The van der Waals surface area contributed by atoms with Crippen LogP contribution in [-0.4, -0.2) is 25.9 Å². The lowest BCUT2D eigenvalue weighted by atomic mass is 10.2. The van der Waals surface area contributed by atoms with Crippen molar-refractivity contribution in [3.8, 4) is 5.75 Å². The minimum Gasteiger partial charge on any atom is -0.492 e. The molecule has 0 aliphatic heterocycles. The Kier molecular flexibility index (Phi) is 6.19. The third kappa shape index (κ3) is 4.93. The number of benzene rings is 2. The van der Waals surface area contributed by atoms with Crippen LogP contribution in [0.1, 0.15) is 27.9 Å². The number of carbonyl (C=O) groups excluding carboxylic acids is 1. The number of nitrogens with one attached hydrogen (secondary N) is 2. The van der Waals surface area contributed by atoms with Gasteiger partial charge in [0.1, 0.15) is 10.6 Å². The summed E-state index contributed by atoms with van der Waals surface area (Å²) in [5, 5.41) is 2.93. The Labute approximate surface area is 173 Å². The molecule has 0 bridgehead atoms. The lowest BCUT2D eigenvalue weighted by Gasteiger charge is -2.10. The van der Waals surface area contributed by atoms with E-state index in [1.54, 1.807) is 37.3 Å². The van der Waals surface area contributed by atoms with E-state index in [-0.39, 0.29) is 15.9 Å². The highest BCUT2D eigenvalue weighted by Gasteiger charge is 2.21. The van der Waals surface area contributed by atoms with Gasteiger partial charge in [-0.25, -0.2) is 13.4 Å². The number of sulfonamides is 1. The van der Waals surface area contributed by atoms with Gasteiger partial charge in [-0.2, -0.15) is 0 Å². The van der Waals surface area contributed by atoms with Crippen LogP contribution in [0.5, 0.6) is 5.75 Å². The van der Waals surface area contributed by atoms with Gasteiger partial charge < -0.3 is 10.1 Å². The van der Waals surface area contributed by atoms with Crippen LogP contribution in [0.15, 0.2) is 53.4 Å². The molecule has 0 atom stereocenters. The van der Waals surface area contributed by atoms with Gasteiger partial charge in [0.15, 0.2) is 5.13 Å². The molecule has 152 valence electrons. The summed E-state index contributed by atoms with van der Waals surface area (Å²) < 4.78 is 33.1. The Hall–Kier alpha value is -2.91. The molecule has 7 nitrogen and oxygen atoms in total. The van der Waals surface area contributed by atoms with E-state index < -0.39 is 10.0 Å². The number of thiazole rings is 1. The molecule has 3 rings (SSSR count). The zero-order chi connectivity index (χ0) is 21.0. The van der Waals surface area contributed by atoms with E-state index in [4.69, 9.17) is 4.74 Å². The number of amides is 1. The van der Waals surface area contributed by atoms with Crippen molar-refractivity contribution >= 4 is 38.1 Å². The van der Waals surface area contributed by atoms with Gasteiger partial charge in [0.05, 0.1) is 22.9 Å². The van der Waals surface area contributed by atoms with Crippen LogP contribution in [0.2, 0.25) is 0 Å². The van der Waals surface area contributed by atoms with Gasteiger partial charge in [0.2, 0.25) is 0 Å². The highest BCUT2D eigenvalue weighted by atomic mass is 32.2. The van der Waals surface area contributed by atoms with Crippen molar-refractivity contribution in [2.75, 3.05) is 16.6 Å². The van der Waals surface area contributed by atoms with Gasteiger partial charge in [-0.05, 0) is 45.0 Å². The number of hydrogen-bond acceptors (Lipinski definition) is 6. The third-order valence-electron chi connectivity index (χ3n) is 3.99. The van der Waals surface area contributed by atoms with Gasteiger partial charge in [-0.1, -0.05) is 41.2 Å². The molecule has 1 heterocycles. The van der Waals surface area contributed by atoms with Gasteiger partial charge in [0, 0.05) is 0 Å². The number of anilines is 2. The molecule has 0 fully saturated rings. The number of hydrogen-bond donors (Lipinski definition) is 2. The standard InChI is InChI=1S/C20H21N3O4S2/c1-4-27-17-8-6-5-7-16(17)22-19(24)18-14(3)21-20(28-18)23-29(25,26)15-11-9-13(2)10-12-15/h5-12H,4H2,1-3H3,(H,21,23)(H,22,24). The quantitative estimate of drug-likeness (QED) is 0.584. The second-order valence-electron chi connectivity index (χ2n) is 6.24. The van der Waals surface area contributed by atoms with Crippen molar-refractivity contribution in [1.82, 2.24) is 4.98 Å². The second-order valence-corrected chi connectivity index (χ2v) is 8.92. The molecule has 0 aliphatic rings. The molecule has 9 heteroatoms. The molecule has 3 aromatic rings. The Morgan fingerprint density at radius 1 is 1.10 bits per heavy atom. The molecule has 1 aromatic heterocycles. The molecule has 2 N–H and O–H groups in total. The zero-order valence-corrected chi connectivity index (χ0v) is 17.9. The first-order chi connectivity index (χ1) is 13.8. The molecular formula is C20H21N3O4S2. The first kappa shape index (κ1) is 20.8. The number of para-hydroxylation sites is 2. The number of ether oxygens (including phenoxy) is 1. The molecule has 1 amide bonds. The minimum atomic E-state index is -3.79. The molecule has 0 radical (unpaired) electrons. The smallest absolute Gasteiger partial charge is 0.267 e. The maximum atomic E-state index is 12.7. The highest BCUT2D eigenvalue weighted by Crippen LogP contribution is 2.28. The normalized spacial score (nSPS) is 11.1. The number of aromatic nitrogens is 1. The Balaban J connectivity index is 1.80. The average Bonchev–Trinajstić information content (AvgIpc) is 3.03. The fourth-order valence-electron chi connectivity index (χ4n) is 2.57. The summed E-state index contributed by atoms with van der Waals surface area (Å²) in [5.74, 6) is 0.179. The number of rotatable bonds is 7. The SMILES string of the molecule is CCOc1ccccc1NC(=O)c1sc(NS(=O)(=O)c2ccc(C)cc2)nc1C. The van der Waals surface area contributed by atoms with Crippen molar-refractivity contribution in [3.63, 3.8) is 0 Å². The highest BCUT2D eigenvalue weighted by molar-refractivity contribution is 7.93. The summed E-state index contributed by atoms with van der Waals surface area (Å²) in [6.07, 6.45) is 0. The summed E-state index contributed by atoms with van der Waals surface area (Å²) in [5.41, 5.74) is 1.93. The largest absolute Gasteiger partial charge is 0.492 e. The molecule has 0 saturated heterocycles. The van der Waals surface area contributed by atoms with Crippen LogP contribution >= 0.6 is 11.3 Å². The lowest BCUT2D eigenvalue weighted by molar-refractivity contribution is 0.102. The van der Waals surface area contributed by atoms with Crippen LogP contribution in [0.4, 0.5) is 10.8 Å². The molecule has 0 saturated carbocycles. The van der Waals surface area contributed by atoms with Crippen LogP contribution in [-0.2, 0) is 10.0 Å². The molecule has 0 unspecified atom stereocenters. The summed E-state index contributed by atoms with van der Waals surface area (Å²) >= 11 is 0.977. The van der Waals surface area contributed by atoms with E-state index in [2.05, 4.69) is 15.0 Å². The molecule has 29 heavy (non-hydrogen) atoms. The zero-order valence-electron chi connectivity index (χ0n) is 16.2. The van der Waals surface area contributed by atoms with Crippen molar-refractivity contribution in [2.24, 2.45) is 0 Å². The summed E-state index contributed by atoms with van der Waals surface area (Å²) in [6, 6.07) is 13.6. The predicted molar refractivity (Wildman–Crippen MR) is 114 cm³/mol. The fraction of sp³-hybridized carbons (Fsp3) is 0.200. The topological polar surface area (TPSA) is 97.4 Å². The molecule has 2 aromatic carbocycles. The van der Waals surface area contributed by atoms with Crippen LogP contribution < -0.4 is 14.8 Å². The van der Waals surface area contributed by atoms with Crippen molar-refractivity contribution < 1.29 is 17.9 Å². The Morgan fingerprint density at radius 3 is 2.48 bits per heavy atom. The van der Waals surface area contributed by atoms with Crippen molar-refractivity contribution in [2.45, 2.75) is 25.7 Å².